The van der Waals surface area contributed by atoms with Crippen molar-refractivity contribution in [3.05, 3.63) is 0 Å². The quantitative estimate of drug-likeness (QED) is 0.800. The summed E-state index contributed by atoms with van der Waals surface area (Å²) in [7, 11) is 1.90. The number of nitrogens with zero attached hydrogens (tertiary/aromatic N) is 5. The minimum absolute atomic E-state index is 0.0162. The van der Waals surface area contributed by atoms with Gasteiger partial charge in [0.25, 0.3) is 0 Å². The molecule has 2 saturated heterocycles. The molecule has 0 saturated carbocycles. The van der Waals surface area contributed by atoms with Crippen molar-refractivity contribution in [3.63, 3.8) is 0 Å². The van der Waals surface area contributed by atoms with Crippen LogP contribution in [0.1, 0.15) is 12.8 Å². The van der Waals surface area contributed by atoms with Crippen molar-refractivity contribution < 1.29 is 9.90 Å². The molecule has 0 radical (unpaired) electrons. The Hall–Kier alpha value is -1.28. The molecule has 8 heteroatoms. The van der Waals surface area contributed by atoms with Crippen molar-refractivity contribution in [1.82, 2.24) is 19.7 Å². The molecule has 20 heavy (non-hydrogen) atoms. The van der Waals surface area contributed by atoms with Crippen molar-refractivity contribution in [1.29, 1.82) is 0 Å². The summed E-state index contributed by atoms with van der Waals surface area (Å²) < 4.78 is 1.90. The molecule has 0 spiro atoms. The van der Waals surface area contributed by atoms with E-state index in [1.165, 1.54) is 31.1 Å². The Morgan fingerprint density at radius 1 is 1.40 bits per heavy atom. The number of carboxylic acid groups (broad SMARTS) is 1. The Morgan fingerprint density at radius 3 is 3.05 bits per heavy atom. The van der Waals surface area contributed by atoms with E-state index in [0.29, 0.717) is 11.2 Å². The SMILES string of the molecule is Cn1c(SCC(=O)O)nnc1N1CCN2CCCC2C1. The van der Waals surface area contributed by atoms with Crippen LogP contribution in [0.2, 0.25) is 0 Å². The minimum atomic E-state index is -0.834. The Kier molecular flexibility index (Phi) is 3.84. The highest BCUT2D eigenvalue weighted by Crippen LogP contribution is 2.26. The number of rotatable bonds is 4. The third-order valence-electron chi connectivity index (χ3n) is 4.01. The molecule has 2 fully saturated rings. The Balaban J connectivity index is 1.69. The average molecular weight is 297 g/mol. The van der Waals surface area contributed by atoms with Gasteiger partial charge in [0, 0.05) is 32.7 Å². The van der Waals surface area contributed by atoms with Crippen LogP contribution in [-0.4, -0.2) is 68.7 Å². The van der Waals surface area contributed by atoms with Gasteiger partial charge in [0.05, 0.1) is 5.75 Å². The maximum absolute atomic E-state index is 10.6. The van der Waals surface area contributed by atoms with E-state index in [1.54, 1.807) is 0 Å². The molecule has 0 bridgehead atoms. The zero-order valence-corrected chi connectivity index (χ0v) is 12.3. The summed E-state index contributed by atoms with van der Waals surface area (Å²) >= 11 is 1.21. The fraction of sp³-hybridized carbons (Fsp3) is 0.750. The average Bonchev–Trinajstić information content (AvgIpc) is 3.02. The van der Waals surface area contributed by atoms with Crippen LogP contribution in [0.4, 0.5) is 5.95 Å². The van der Waals surface area contributed by atoms with Crippen LogP contribution in [0.15, 0.2) is 5.16 Å². The van der Waals surface area contributed by atoms with E-state index in [0.717, 1.165) is 25.6 Å². The molecular weight excluding hydrogens is 278 g/mol. The number of piperazine rings is 1. The first-order valence-electron chi connectivity index (χ1n) is 6.88. The lowest BCUT2D eigenvalue weighted by atomic mass is 10.2. The van der Waals surface area contributed by atoms with E-state index in [2.05, 4.69) is 20.0 Å². The summed E-state index contributed by atoms with van der Waals surface area (Å²) in [4.78, 5) is 15.4. The molecule has 1 atom stereocenters. The fourth-order valence-electron chi connectivity index (χ4n) is 3.01. The molecule has 1 unspecified atom stereocenters. The topological polar surface area (TPSA) is 74.5 Å². The molecule has 1 N–H and O–H groups in total. The summed E-state index contributed by atoms with van der Waals surface area (Å²) in [5.41, 5.74) is 0. The largest absolute Gasteiger partial charge is 0.481 e. The van der Waals surface area contributed by atoms with E-state index < -0.39 is 5.97 Å². The predicted octanol–water partition coefficient (Wildman–Crippen LogP) is 0.276. The van der Waals surface area contributed by atoms with Gasteiger partial charge in [0.15, 0.2) is 5.16 Å². The Bertz CT molecular complexity index is 506. The summed E-state index contributed by atoms with van der Waals surface area (Å²) in [6, 6.07) is 0.635. The molecule has 0 aliphatic carbocycles. The smallest absolute Gasteiger partial charge is 0.313 e. The highest BCUT2D eigenvalue weighted by molar-refractivity contribution is 7.99. The lowest BCUT2D eigenvalue weighted by Crippen LogP contribution is -2.50. The molecule has 7 nitrogen and oxygen atoms in total. The van der Waals surface area contributed by atoms with Crippen LogP contribution >= 0.6 is 11.8 Å². The van der Waals surface area contributed by atoms with Gasteiger partial charge in [-0.05, 0) is 19.4 Å². The zero-order valence-electron chi connectivity index (χ0n) is 11.5. The second-order valence-corrected chi connectivity index (χ2v) is 6.24. The van der Waals surface area contributed by atoms with Gasteiger partial charge in [-0.25, -0.2) is 0 Å². The Labute approximate surface area is 121 Å². The Morgan fingerprint density at radius 2 is 2.25 bits per heavy atom. The molecule has 2 aliphatic rings. The fourth-order valence-corrected chi connectivity index (χ4v) is 3.63. The lowest BCUT2D eigenvalue weighted by Gasteiger charge is -2.37. The molecule has 0 aromatic carbocycles. The van der Waals surface area contributed by atoms with Crippen molar-refractivity contribution >= 4 is 23.7 Å². The summed E-state index contributed by atoms with van der Waals surface area (Å²) in [5, 5.41) is 17.7. The van der Waals surface area contributed by atoms with Crippen LogP contribution in [-0.2, 0) is 11.8 Å². The monoisotopic (exact) mass is 297 g/mol. The van der Waals surface area contributed by atoms with Gasteiger partial charge in [-0.15, -0.1) is 10.2 Å². The third kappa shape index (κ3) is 2.62. The number of aromatic nitrogens is 3. The van der Waals surface area contributed by atoms with E-state index in [9.17, 15) is 4.79 Å². The molecule has 3 heterocycles. The summed E-state index contributed by atoms with van der Waals surface area (Å²) in [5.74, 6) is 0.0334. The molecule has 2 aliphatic heterocycles. The maximum Gasteiger partial charge on any atom is 0.313 e. The van der Waals surface area contributed by atoms with Crippen molar-refractivity contribution in [2.24, 2.45) is 7.05 Å². The number of aliphatic carboxylic acids is 1. The third-order valence-corrected chi connectivity index (χ3v) is 5.01. The van der Waals surface area contributed by atoms with Crippen LogP contribution < -0.4 is 4.90 Å². The summed E-state index contributed by atoms with van der Waals surface area (Å²) in [6.07, 6.45) is 2.55. The number of anilines is 1. The molecular formula is C12H19N5O2S. The number of carbonyl (C=O) groups is 1. The van der Waals surface area contributed by atoms with Crippen LogP contribution in [0.25, 0.3) is 0 Å². The van der Waals surface area contributed by atoms with E-state index in [1.807, 2.05) is 11.6 Å². The van der Waals surface area contributed by atoms with E-state index in [4.69, 9.17) is 5.11 Å². The number of hydrogen-bond acceptors (Lipinski definition) is 6. The minimum Gasteiger partial charge on any atom is -0.481 e. The standard InChI is InChI=1S/C12H19N5O2S/c1-15-11(13-14-12(15)20-8-10(18)19)17-6-5-16-4-2-3-9(16)7-17/h9H,2-8H2,1H3,(H,18,19). The zero-order chi connectivity index (χ0) is 14.1. The first-order chi connectivity index (χ1) is 9.65. The van der Waals surface area contributed by atoms with Crippen molar-refractivity contribution in [2.45, 2.75) is 24.0 Å². The van der Waals surface area contributed by atoms with Crippen LogP contribution in [0.3, 0.4) is 0 Å². The van der Waals surface area contributed by atoms with Gasteiger partial charge >= 0.3 is 5.97 Å². The van der Waals surface area contributed by atoms with Gasteiger partial charge in [0.1, 0.15) is 0 Å². The molecule has 3 rings (SSSR count). The van der Waals surface area contributed by atoms with Crippen LogP contribution in [0.5, 0.6) is 0 Å². The normalized spacial score (nSPS) is 23.1. The number of fused-ring (bicyclic) bond motifs is 1. The predicted molar refractivity (Wildman–Crippen MR) is 76.2 cm³/mol. The number of thioether (sulfide) groups is 1. The lowest BCUT2D eigenvalue weighted by molar-refractivity contribution is -0.133. The highest BCUT2D eigenvalue weighted by Gasteiger charge is 2.32. The van der Waals surface area contributed by atoms with Gasteiger partial charge in [-0.2, -0.15) is 0 Å². The van der Waals surface area contributed by atoms with E-state index >= 15 is 0 Å². The first kappa shape index (κ1) is 13.7. The highest BCUT2D eigenvalue weighted by atomic mass is 32.2. The second-order valence-electron chi connectivity index (χ2n) is 5.30. The van der Waals surface area contributed by atoms with Gasteiger partial charge in [-0.1, -0.05) is 11.8 Å². The van der Waals surface area contributed by atoms with Gasteiger partial charge in [0.2, 0.25) is 5.95 Å². The van der Waals surface area contributed by atoms with Crippen molar-refractivity contribution in [2.75, 3.05) is 36.8 Å². The first-order valence-corrected chi connectivity index (χ1v) is 7.86. The van der Waals surface area contributed by atoms with Crippen LogP contribution in [0, 0.1) is 0 Å². The number of carboxylic acids is 1. The summed E-state index contributed by atoms with van der Waals surface area (Å²) in [6.45, 7) is 4.26. The van der Waals surface area contributed by atoms with Crippen molar-refractivity contribution in [3.8, 4) is 0 Å². The van der Waals surface area contributed by atoms with Gasteiger partial charge in [-0.3, -0.25) is 14.3 Å². The van der Waals surface area contributed by atoms with E-state index in [-0.39, 0.29) is 5.75 Å². The molecule has 0 amide bonds. The molecule has 1 aromatic heterocycles. The number of hydrogen-bond donors (Lipinski definition) is 1. The second kappa shape index (κ2) is 5.61. The van der Waals surface area contributed by atoms with Gasteiger partial charge < -0.3 is 10.0 Å². The maximum atomic E-state index is 10.6. The molecule has 1 aromatic rings. The molecule has 110 valence electrons.